The Morgan fingerprint density at radius 3 is 2.48 bits per heavy atom. The molecule has 2 N–H and O–H groups in total. The van der Waals surface area contributed by atoms with E-state index in [1.807, 2.05) is 28.8 Å². The van der Waals surface area contributed by atoms with Gasteiger partial charge in [-0.25, -0.2) is 0 Å². The molecule has 2 amide bonds. The number of carbonyl (C=O) groups excluding carboxylic acids is 2. The van der Waals surface area contributed by atoms with E-state index in [4.69, 9.17) is 37.4 Å². The number of carboxylic acid groups (broad SMARTS) is 1. The average Bonchev–Trinajstić information content (AvgIpc) is 3.81. The average molecular weight is 732 g/mol. The number of likely N-dealkylation sites (tertiary alicyclic amines) is 2. The first-order chi connectivity index (χ1) is 24.1. The number of rotatable bonds is 12. The molecule has 3 heterocycles. The van der Waals surface area contributed by atoms with E-state index in [2.05, 4.69) is 16.3 Å². The Morgan fingerprint density at radius 1 is 0.980 bits per heavy atom. The van der Waals surface area contributed by atoms with Gasteiger partial charge in [0.25, 0.3) is 5.91 Å². The van der Waals surface area contributed by atoms with Crippen LogP contribution in [-0.4, -0.2) is 108 Å². The lowest BCUT2D eigenvalue weighted by Gasteiger charge is -2.30. The number of methoxy groups -OCH3 is 2. The van der Waals surface area contributed by atoms with Crippen molar-refractivity contribution in [3.8, 4) is 0 Å². The Hall–Kier alpha value is -2.93. The van der Waals surface area contributed by atoms with Gasteiger partial charge in [-0.3, -0.25) is 19.3 Å². The van der Waals surface area contributed by atoms with Gasteiger partial charge < -0.3 is 34.1 Å². The first kappa shape index (κ1) is 36.8. The van der Waals surface area contributed by atoms with Crippen LogP contribution in [0.5, 0.6) is 0 Å². The van der Waals surface area contributed by atoms with Crippen LogP contribution in [-0.2, 0) is 43.7 Å². The van der Waals surface area contributed by atoms with Gasteiger partial charge in [-0.1, -0.05) is 35.4 Å². The number of anilines is 1. The maximum absolute atomic E-state index is 14.1. The molecule has 0 spiro atoms. The number of aromatic nitrogens is 1. The van der Waals surface area contributed by atoms with Crippen molar-refractivity contribution in [3.63, 3.8) is 0 Å². The summed E-state index contributed by atoms with van der Waals surface area (Å²) < 4.78 is 19.6. The maximum Gasteiger partial charge on any atom is 0.306 e. The smallest absolute Gasteiger partial charge is 0.306 e. The quantitative estimate of drug-likeness (QED) is 0.296. The molecule has 1 aromatic heterocycles. The molecular formula is C37H48Cl2N4O7. The molecule has 2 saturated heterocycles. The van der Waals surface area contributed by atoms with Crippen molar-refractivity contribution < 1.29 is 33.7 Å². The van der Waals surface area contributed by atoms with Crippen LogP contribution in [0.25, 0.3) is 6.08 Å². The van der Waals surface area contributed by atoms with Crippen LogP contribution in [0, 0.1) is 5.92 Å². The van der Waals surface area contributed by atoms with Crippen molar-refractivity contribution in [2.45, 2.75) is 88.1 Å². The zero-order valence-corrected chi connectivity index (χ0v) is 30.5. The number of nitrogens with zero attached hydrogens (tertiary/aromatic N) is 3. The van der Waals surface area contributed by atoms with Crippen molar-refractivity contribution in [2.24, 2.45) is 13.0 Å². The molecule has 0 unspecified atom stereocenters. The first-order valence-corrected chi connectivity index (χ1v) is 18.4. The highest BCUT2D eigenvalue weighted by molar-refractivity contribution is 6.36. The number of amides is 2. The summed E-state index contributed by atoms with van der Waals surface area (Å²) in [5.74, 6) is -1.42. The number of carboxylic acids is 1. The highest BCUT2D eigenvalue weighted by Crippen LogP contribution is 2.35. The van der Waals surface area contributed by atoms with Crippen molar-refractivity contribution in [2.75, 3.05) is 45.8 Å². The standard InChI is InChI=1S/C37H48Cl2N4O7/c1-41-19-30(29-6-4-5-7-34(29)41)36(45)40-33-16-31(38)23(12-32(33)39)13-35(44)43-17-24(42-18-28(49-3)15-26(42)20-48-2)14-25(43)21-50-27-10-8-22(9-11-27)37(46)47/h4,6,12,16,19,22,24-28H,5,7-11,13-15,17-18,20-21H2,1-3H3,(H,40,45)(H,46,47)/t22?,24-,25-,26-,27?,28-/m0/s1. The summed E-state index contributed by atoms with van der Waals surface area (Å²) in [6.07, 6.45) is 12.0. The summed E-state index contributed by atoms with van der Waals surface area (Å²) in [5, 5.41) is 13.0. The van der Waals surface area contributed by atoms with Crippen molar-refractivity contribution in [3.05, 3.63) is 56.8 Å². The molecule has 0 radical (unpaired) electrons. The minimum Gasteiger partial charge on any atom is -0.481 e. The summed E-state index contributed by atoms with van der Waals surface area (Å²) in [4.78, 5) is 43.2. The summed E-state index contributed by atoms with van der Waals surface area (Å²) >= 11 is 13.5. The summed E-state index contributed by atoms with van der Waals surface area (Å²) in [7, 11) is 5.38. The highest BCUT2D eigenvalue weighted by Gasteiger charge is 2.44. The summed E-state index contributed by atoms with van der Waals surface area (Å²) in [5.41, 5.74) is 3.56. The molecule has 11 nitrogen and oxygen atoms in total. The van der Waals surface area contributed by atoms with Crippen LogP contribution in [0.1, 0.15) is 72.1 Å². The van der Waals surface area contributed by atoms with Crippen LogP contribution in [0.15, 0.2) is 24.4 Å². The lowest BCUT2D eigenvalue weighted by atomic mass is 9.87. The molecule has 2 aliphatic carbocycles. The number of allylic oxidation sites excluding steroid dienone is 1. The molecule has 1 saturated carbocycles. The topological polar surface area (TPSA) is 123 Å². The number of hydrogen-bond acceptors (Lipinski definition) is 7. The van der Waals surface area contributed by atoms with E-state index in [0.29, 0.717) is 72.3 Å². The third kappa shape index (κ3) is 8.08. The first-order valence-electron chi connectivity index (χ1n) is 17.6. The second kappa shape index (κ2) is 16.2. The number of carbonyl (C=O) groups is 3. The number of aryl methyl sites for hydroxylation is 1. The maximum atomic E-state index is 14.1. The van der Waals surface area contributed by atoms with Gasteiger partial charge in [0.15, 0.2) is 0 Å². The molecule has 6 rings (SSSR count). The van der Waals surface area contributed by atoms with Crippen LogP contribution in [0.4, 0.5) is 5.69 Å². The van der Waals surface area contributed by atoms with Crippen LogP contribution in [0.3, 0.4) is 0 Å². The van der Waals surface area contributed by atoms with Gasteiger partial charge >= 0.3 is 5.97 Å². The molecular weight excluding hydrogens is 683 g/mol. The molecule has 0 bridgehead atoms. The molecule has 2 aliphatic heterocycles. The van der Waals surface area contributed by atoms with Gasteiger partial charge in [-0.2, -0.15) is 0 Å². The minimum atomic E-state index is -0.745. The molecule has 3 fully saturated rings. The molecule has 1 aromatic carbocycles. The van der Waals surface area contributed by atoms with E-state index in [9.17, 15) is 19.5 Å². The number of benzene rings is 1. The van der Waals surface area contributed by atoms with Gasteiger partial charge in [0.05, 0.1) is 60.1 Å². The van der Waals surface area contributed by atoms with E-state index in [0.717, 1.165) is 43.5 Å². The zero-order chi connectivity index (χ0) is 35.5. The third-order valence-corrected chi connectivity index (χ3v) is 11.7. The molecule has 2 aromatic rings. The van der Waals surface area contributed by atoms with Crippen molar-refractivity contribution in [1.82, 2.24) is 14.4 Å². The lowest BCUT2D eigenvalue weighted by molar-refractivity contribution is -0.144. The zero-order valence-electron chi connectivity index (χ0n) is 29.0. The van der Waals surface area contributed by atoms with E-state index in [1.165, 1.54) is 0 Å². The Labute approximate surface area is 303 Å². The predicted molar refractivity (Wildman–Crippen MR) is 192 cm³/mol. The molecule has 50 heavy (non-hydrogen) atoms. The number of ether oxygens (including phenoxy) is 3. The largest absolute Gasteiger partial charge is 0.481 e. The van der Waals surface area contributed by atoms with Gasteiger partial charge in [0.2, 0.25) is 5.91 Å². The monoisotopic (exact) mass is 730 g/mol. The summed E-state index contributed by atoms with van der Waals surface area (Å²) in [6.45, 7) is 2.25. The highest BCUT2D eigenvalue weighted by atomic mass is 35.5. The van der Waals surface area contributed by atoms with Crippen molar-refractivity contribution >= 4 is 52.7 Å². The van der Waals surface area contributed by atoms with Gasteiger partial charge in [0.1, 0.15) is 0 Å². The fourth-order valence-corrected chi connectivity index (χ4v) is 8.71. The Bertz CT molecular complexity index is 1600. The van der Waals surface area contributed by atoms with Crippen LogP contribution >= 0.6 is 23.2 Å². The molecule has 272 valence electrons. The number of aliphatic carboxylic acids is 1. The van der Waals surface area contributed by atoms with E-state index in [-0.39, 0.29) is 54.5 Å². The fraction of sp³-hybridized carbons (Fsp3) is 0.595. The normalized spacial score (nSPS) is 26.7. The van der Waals surface area contributed by atoms with E-state index in [1.54, 1.807) is 26.4 Å². The minimum absolute atomic E-state index is 0.0269. The Kier molecular flexibility index (Phi) is 11.9. The van der Waals surface area contributed by atoms with Crippen LogP contribution in [0.2, 0.25) is 10.0 Å². The number of hydrogen-bond donors (Lipinski definition) is 2. The molecule has 4 aliphatic rings. The van der Waals surface area contributed by atoms with Gasteiger partial charge in [-0.05, 0) is 69.1 Å². The van der Waals surface area contributed by atoms with Crippen molar-refractivity contribution in [1.29, 1.82) is 0 Å². The Balaban J connectivity index is 1.15. The molecule has 13 heteroatoms. The van der Waals surface area contributed by atoms with Crippen LogP contribution < -0.4 is 5.32 Å². The summed E-state index contributed by atoms with van der Waals surface area (Å²) in [6, 6.07) is 3.40. The third-order valence-electron chi connectivity index (χ3n) is 11.0. The molecule has 4 atom stereocenters. The predicted octanol–water partition coefficient (Wildman–Crippen LogP) is 5.45. The number of fused-ring (bicyclic) bond motifs is 1. The van der Waals surface area contributed by atoms with Gasteiger partial charge in [-0.15, -0.1) is 0 Å². The van der Waals surface area contributed by atoms with Gasteiger partial charge in [0, 0.05) is 68.9 Å². The second-order valence-corrected chi connectivity index (χ2v) is 15.0. The number of nitrogens with one attached hydrogen (secondary N) is 1. The Morgan fingerprint density at radius 2 is 1.76 bits per heavy atom. The fourth-order valence-electron chi connectivity index (χ4n) is 8.25. The van der Waals surface area contributed by atoms with E-state index >= 15 is 0 Å². The van der Waals surface area contributed by atoms with E-state index < -0.39 is 5.97 Å². The lowest BCUT2D eigenvalue weighted by Crippen LogP contribution is -2.44. The second-order valence-electron chi connectivity index (χ2n) is 14.1. The SMILES string of the molecule is COC[C@@H]1C[C@H](OC)CN1[C@H]1C[C@@H](COC2CCC(C(=O)O)CC2)N(C(=O)Cc2cc(Cl)c(NC(=O)c3cn(C)c4c3C=CCC4)cc2Cl)C1. The number of halogens is 2.